The van der Waals surface area contributed by atoms with Crippen molar-refractivity contribution in [1.82, 2.24) is 14.8 Å². The number of nitrogens with zero attached hydrogens (tertiary/aromatic N) is 2. The Bertz CT molecular complexity index is 500. The van der Waals surface area contributed by atoms with E-state index in [4.69, 9.17) is 0 Å². The van der Waals surface area contributed by atoms with E-state index < -0.39 is 0 Å². The van der Waals surface area contributed by atoms with Gasteiger partial charge in [0.05, 0.1) is 0 Å². The molecule has 0 atom stereocenters. The number of amides is 2. The fraction of sp³-hybridized carbons (Fsp3) is 0.647. The molecule has 1 aliphatic heterocycles. The van der Waals surface area contributed by atoms with E-state index in [1.807, 2.05) is 29.4 Å². The average molecular weight is 303 g/mol. The van der Waals surface area contributed by atoms with Crippen LogP contribution < -0.4 is 5.32 Å². The summed E-state index contributed by atoms with van der Waals surface area (Å²) in [7, 11) is 0. The summed E-state index contributed by atoms with van der Waals surface area (Å²) in [4.78, 5) is 26.3. The lowest BCUT2D eigenvalue weighted by atomic mass is 9.83. The van der Waals surface area contributed by atoms with Crippen LogP contribution in [0.15, 0.2) is 24.5 Å². The molecule has 120 valence electrons. The number of likely N-dealkylation sites (tertiary alicyclic amines) is 1. The Kier molecular flexibility index (Phi) is 4.80. The Labute approximate surface area is 131 Å². The first-order valence-corrected chi connectivity index (χ1v) is 8.41. The summed E-state index contributed by atoms with van der Waals surface area (Å²) in [5.74, 6) is 0.794. The van der Waals surface area contributed by atoms with Crippen LogP contribution in [0.3, 0.4) is 0 Å². The number of carbonyl (C=O) groups is 2. The fourth-order valence-electron chi connectivity index (χ4n) is 3.25. The van der Waals surface area contributed by atoms with Crippen molar-refractivity contribution in [3.8, 4) is 0 Å². The molecule has 1 N–H and O–H groups in total. The summed E-state index contributed by atoms with van der Waals surface area (Å²) in [5, 5.41) is 3.02. The van der Waals surface area contributed by atoms with E-state index in [1.54, 1.807) is 0 Å². The first kappa shape index (κ1) is 15.1. The molecule has 2 aliphatic rings. The summed E-state index contributed by atoms with van der Waals surface area (Å²) in [6.07, 6.45) is 8.89. The predicted octanol–water partition coefficient (Wildman–Crippen LogP) is 1.64. The Morgan fingerprint density at radius 3 is 2.27 bits per heavy atom. The second-order valence-electron chi connectivity index (χ2n) is 6.44. The molecule has 0 radical (unpaired) electrons. The summed E-state index contributed by atoms with van der Waals surface area (Å²) in [6, 6.07) is 3.97. The van der Waals surface area contributed by atoms with Gasteiger partial charge < -0.3 is 14.8 Å². The third-order valence-corrected chi connectivity index (χ3v) is 4.97. The summed E-state index contributed by atoms with van der Waals surface area (Å²) in [6.45, 7) is 2.95. The molecule has 1 aliphatic carbocycles. The van der Waals surface area contributed by atoms with E-state index >= 15 is 0 Å². The molecule has 2 heterocycles. The van der Waals surface area contributed by atoms with Crippen molar-refractivity contribution >= 4 is 11.8 Å². The molecule has 1 aromatic rings. The molecule has 1 aromatic heterocycles. The molecular weight excluding hydrogens is 278 g/mol. The number of hydrogen-bond acceptors (Lipinski definition) is 2. The number of rotatable bonds is 5. The zero-order chi connectivity index (χ0) is 15.4. The van der Waals surface area contributed by atoms with Gasteiger partial charge in [0.1, 0.15) is 0 Å². The lowest BCUT2D eigenvalue weighted by Gasteiger charge is -2.36. The third kappa shape index (κ3) is 3.51. The highest BCUT2D eigenvalue weighted by atomic mass is 16.2. The zero-order valence-corrected chi connectivity index (χ0v) is 13.0. The molecule has 1 saturated carbocycles. The van der Waals surface area contributed by atoms with Crippen molar-refractivity contribution in [1.29, 1.82) is 0 Å². The highest BCUT2D eigenvalue weighted by Crippen LogP contribution is 2.30. The van der Waals surface area contributed by atoms with Gasteiger partial charge in [0, 0.05) is 50.4 Å². The molecule has 0 spiro atoms. The minimum absolute atomic E-state index is 0.0649. The zero-order valence-electron chi connectivity index (χ0n) is 13.0. The lowest BCUT2D eigenvalue weighted by molar-refractivity contribution is -0.141. The topological polar surface area (TPSA) is 54.3 Å². The maximum absolute atomic E-state index is 12.2. The minimum atomic E-state index is 0.0649. The van der Waals surface area contributed by atoms with Crippen LogP contribution in [-0.4, -0.2) is 40.9 Å². The van der Waals surface area contributed by atoms with Crippen LogP contribution in [0.4, 0.5) is 0 Å². The van der Waals surface area contributed by atoms with Crippen molar-refractivity contribution in [3.05, 3.63) is 24.5 Å². The normalized spacial score (nSPS) is 19.7. The van der Waals surface area contributed by atoms with Gasteiger partial charge in [-0.2, -0.15) is 0 Å². The van der Waals surface area contributed by atoms with Gasteiger partial charge in [-0.15, -0.1) is 0 Å². The number of hydrogen-bond donors (Lipinski definition) is 1. The van der Waals surface area contributed by atoms with Crippen molar-refractivity contribution in [2.45, 2.75) is 38.6 Å². The largest absolute Gasteiger partial charge is 0.354 e. The van der Waals surface area contributed by atoms with Crippen molar-refractivity contribution in [2.24, 2.45) is 11.8 Å². The molecule has 3 rings (SSSR count). The van der Waals surface area contributed by atoms with E-state index in [0.29, 0.717) is 12.5 Å². The molecular formula is C17H25N3O2. The fourth-order valence-corrected chi connectivity index (χ4v) is 3.25. The van der Waals surface area contributed by atoms with Crippen LogP contribution in [0.2, 0.25) is 0 Å². The molecule has 5 nitrogen and oxygen atoms in total. The molecule has 2 fully saturated rings. The van der Waals surface area contributed by atoms with Gasteiger partial charge in [0.2, 0.25) is 11.8 Å². The first-order chi connectivity index (χ1) is 10.7. The van der Waals surface area contributed by atoms with Crippen LogP contribution in [0.5, 0.6) is 0 Å². The Hall–Kier alpha value is -1.78. The van der Waals surface area contributed by atoms with Gasteiger partial charge in [-0.3, -0.25) is 9.59 Å². The third-order valence-electron chi connectivity index (χ3n) is 4.97. The molecule has 2 amide bonds. The Morgan fingerprint density at radius 2 is 1.68 bits per heavy atom. The maximum Gasteiger partial charge on any atom is 0.225 e. The molecule has 1 saturated heterocycles. The van der Waals surface area contributed by atoms with Gasteiger partial charge in [0.25, 0.3) is 0 Å². The van der Waals surface area contributed by atoms with E-state index in [2.05, 4.69) is 9.88 Å². The van der Waals surface area contributed by atoms with Gasteiger partial charge >= 0.3 is 0 Å². The predicted molar refractivity (Wildman–Crippen MR) is 84.1 cm³/mol. The second kappa shape index (κ2) is 6.99. The standard InChI is InChI=1S/C17H25N3O2/c21-16(18-8-13-19-9-1-2-10-19)14-6-11-20(12-7-14)17(22)15-4-3-5-15/h1-2,9-10,14-15H,3-8,11-13H2,(H,18,21). The van der Waals surface area contributed by atoms with Crippen LogP contribution in [0, 0.1) is 11.8 Å². The van der Waals surface area contributed by atoms with E-state index in [0.717, 1.165) is 45.3 Å². The van der Waals surface area contributed by atoms with Crippen molar-refractivity contribution in [2.75, 3.05) is 19.6 Å². The monoisotopic (exact) mass is 303 g/mol. The molecule has 0 bridgehead atoms. The van der Waals surface area contributed by atoms with E-state index in [1.165, 1.54) is 6.42 Å². The Morgan fingerprint density at radius 1 is 1.00 bits per heavy atom. The van der Waals surface area contributed by atoms with Crippen LogP contribution in [-0.2, 0) is 16.1 Å². The lowest BCUT2D eigenvalue weighted by Crippen LogP contribution is -2.46. The minimum Gasteiger partial charge on any atom is -0.354 e. The first-order valence-electron chi connectivity index (χ1n) is 8.41. The number of carbonyl (C=O) groups excluding carboxylic acids is 2. The molecule has 0 unspecified atom stereocenters. The number of piperidine rings is 1. The summed E-state index contributed by atoms with van der Waals surface area (Å²) < 4.78 is 2.06. The van der Waals surface area contributed by atoms with Gasteiger partial charge in [-0.25, -0.2) is 0 Å². The van der Waals surface area contributed by atoms with Crippen LogP contribution in [0.1, 0.15) is 32.1 Å². The van der Waals surface area contributed by atoms with Crippen LogP contribution in [0.25, 0.3) is 0 Å². The van der Waals surface area contributed by atoms with Crippen LogP contribution >= 0.6 is 0 Å². The summed E-state index contributed by atoms with van der Waals surface area (Å²) >= 11 is 0. The smallest absolute Gasteiger partial charge is 0.225 e. The molecule has 22 heavy (non-hydrogen) atoms. The van der Waals surface area contributed by atoms with Crippen molar-refractivity contribution in [3.63, 3.8) is 0 Å². The quantitative estimate of drug-likeness (QED) is 0.899. The van der Waals surface area contributed by atoms with Gasteiger partial charge in [-0.05, 0) is 37.8 Å². The number of aromatic nitrogens is 1. The molecule has 5 heteroatoms. The maximum atomic E-state index is 12.2. The highest BCUT2D eigenvalue weighted by molar-refractivity contribution is 5.81. The number of nitrogens with one attached hydrogen (secondary N) is 1. The second-order valence-corrected chi connectivity index (χ2v) is 6.44. The SMILES string of the molecule is O=C(NCCn1cccc1)C1CCN(C(=O)C2CCC2)CC1. The van der Waals surface area contributed by atoms with Gasteiger partial charge in [0.15, 0.2) is 0 Å². The van der Waals surface area contributed by atoms with Crippen molar-refractivity contribution < 1.29 is 9.59 Å². The van der Waals surface area contributed by atoms with Gasteiger partial charge in [-0.1, -0.05) is 6.42 Å². The van der Waals surface area contributed by atoms with E-state index in [9.17, 15) is 9.59 Å². The average Bonchev–Trinajstić information content (AvgIpc) is 2.99. The summed E-state index contributed by atoms with van der Waals surface area (Å²) in [5.41, 5.74) is 0. The van der Waals surface area contributed by atoms with E-state index in [-0.39, 0.29) is 17.7 Å². The molecule has 0 aromatic carbocycles. The highest BCUT2D eigenvalue weighted by Gasteiger charge is 2.33. The Balaban J connectivity index is 1.37.